The Hall–Kier alpha value is -4.00. The van der Waals surface area contributed by atoms with Gasteiger partial charge in [-0.25, -0.2) is 36.2 Å². The van der Waals surface area contributed by atoms with E-state index >= 15 is 0 Å². The summed E-state index contributed by atoms with van der Waals surface area (Å²) in [7, 11) is -7.67. The van der Waals surface area contributed by atoms with Crippen LogP contribution in [-0.2, 0) is 26.6 Å². The Kier molecular flexibility index (Phi) is 8.32. The summed E-state index contributed by atoms with van der Waals surface area (Å²) in [5.41, 5.74) is 5.50. The van der Waals surface area contributed by atoms with Crippen LogP contribution in [0.25, 0.3) is 11.0 Å². The van der Waals surface area contributed by atoms with Crippen molar-refractivity contribution in [3.8, 4) is 0 Å². The van der Waals surface area contributed by atoms with Gasteiger partial charge in [0.1, 0.15) is 0 Å². The zero-order valence-electron chi connectivity index (χ0n) is 24.4. The highest BCUT2D eigenvalue weighted by atomic mass is 32.2. The average molecular weight is 628 g/mol. The number of fused-ring (bicyclic) bond motifs is 2. The molecule has 6 rings (SSSR count). The third-order valence-corrected chi connectivity index (χ3v) is 10.7. The van der Waals surface area contributed by atoms with Crippen molar-refractivity contribution in [3.05, 3.63) is 131 Å². The summed E-state index contributed by atoms with van der Waals surface area (Å²) in [5, 5.41) is 0. The first-order valence-corrected chi connectivity index (χ1v) is 17.3. The summed E-state index contributed by atoms with van der Waals surface area (Å²) in [6.07, 6.45) is 0. The molecule has 4 aromatic carbocycles. The molecule has 0 amide bonds. The van der Waals surface area contributed by atoms with E-state index in [9.17, 15) is 16.8 Å². The molecule has 1 aromatic heterocycles. The molecule has 226 valence electrons. The zero-order valence-corrected chi connectivity index (χ0v) is 26.0. The maximum Gasteiger partial charge on any atom is 0.240 e. The molecule has 1 aliphatic rings. The molecule has 0 radical (unpaired) electrons. The van der Waals surface area contributed by atoms with Crippen LogP contribution >= 0.6 is 0 Å². The second-order valence-electron chi connectivity index (χ2n) is 11.0. The quantitative estimate of drug-likeness (QED) is 0.228. The van der Waals surface area contributed by atoms with Gasteiger partial charge in [0.05, 0.1) is 44.3 Å². The minimum Gasteiger partial charge on any atom is -0.279 e. The Balaban J connectivity index is 1.39. The molecule has 9 nitrogen and oxygen atoms in total. The third kappa shape index (κ3) is 6.28. The monoisotopic (exact) mass is 627 g/mol. The van der Waals surface area contributed by atoms with Crippen molar-refractivity contribution in [2.75, 3.05) is 13.1 Å². The Bertz CT molecular complexity index is 1880. The van der Waals surface area contributed by atoms with Crippen molar-refractivity contribution in [3.63, 3.8) is 0 Å². The maximum absolute atomic E-state index is 13.4. The van der Waals surface area contributed by atoms with E-state index in [1.807, 2.05) is 68.4 Å². The van der Waals surface area contributed by atoms with Crippen LogP contribution in [0.5, 0.6) is 0 Å². The van der Waals surface area contributed by atoms with E-state index < -0.39 is 32.1 Å². The molecule has 0 saturated carbocycles. The van der Waals surface area contributed by atoms with Crippen LogP contribution in [0.4, 0.5) is 0 Å². The Morgan fingerprint density at radius 1 is 0.591 bits per heavy atom. The number of sulfonamides is 2. The van der Waals surface area contributed by atoms with Gasteiger partial charge in [0, 0.05) is 19.6 Å². The van der Waals surface area contributed by atoms with Crippen LogP contribution < -0.4 is 9.44 Å². The van der Waals surface area contributed by atoms with Crippen LogP contribution in [-0.4, -0.2) is 44.8 Å². The molecule has 0 unspecified atom stereocenters. The lowest BCUT2D eigenvalue weighted by molar-refractivity contribution is 0.151. The van der Waals surface area contributed by atoms with Gasteiger partial charge >= 0.3 is 0 Å². The maximum atomic E-state index is 13.4. The van der Waals surface area contributed by atoms with Crippen molar-refractivity contribution in [2.24, 2.45) is 0 Å². The van der Waals surface area contributed by atoms with E-state index in [1.54, 1.807) is 48.5 Å². The SMILES string of the molecule is Cc1ccc(S(=O)(=O)NC[C@@H]2c3nc4ccccc4nc3[C@@H](CNS(=O)(=O)c3ccc(C)cc3)N2Cc2ccccc2)cc1. The summed E-state index contributed by atoms with van der Waals surface area (Å²) in [4.78, 5) is 12.3. The molecule has 0 aliphatic carbocycles. The summed E-state index contributed by atoms with van der Waals surface area (Å²) >= 11 is 0. The van der Waals surface area contributed by atoms with E-state index in [0.29, 0.717) is 29.0 Å². The molecule has 0 spiro atoms. The molecular formula is C33H33N5O4S2. The van der Waals surface area contributed by atoms with Crippen LogP contribution in [0.3, 0.4) is 0 Å². The van der Waals surface area contributed by atoms with Crippen LogP contribution in [0.1, 0.15) is 40.2 Å². The molecule has 0 bridgehead atoms. The van der Waals surface area contributed by atoms with Crippen LogP contribution in [0.15, 0.2) is 113 Å². The minimum absolute atomic E-state index is 0.0181. The van der Waals surface area contributed by atoms with Crippen molar-refractivity contribution in [1.82, 2.24) is 24.3 Å². The van der Waals surface area contributed by atoms with Gasteiger partial charge in [-0.1, -0.05) is 77.9 Å². The topological polar surface area (TPSA) is 121 Å². The predicted molar refractivity (Wildman–Crippen MR) is 170 cm³/mol. The summed E-state index contributed by atoms with van der Waals surface area (Å²) in [6.45, 7) is 4.26. The van der Waals surface area contributed by atoms with E-state index in [0.717, 1.165) is 16.7 Å². The average Bonchev–Trinajstić information content (AvgIpc) is 3.29. The zero-order chi connectivity index (χ0) is 30.9. The van der Waals surface area contributed by atoms with Gasteiger partial charge < -0.3 is 0 Å². The molecule has 0 saturated heterocycles. The predicted octanol–water partition coefficient (Wildman–Crippen LogP) is 4.80. The third-order valence-electron chi connectivity index (χ3n) is 7.86. The molecule has 2 N–H and O–H groups in total. The number of benzene rings is 4. The molecule has 44 heavy (non-hydrogen) atoms. The summed E-state index contributed by atoms with van der Waals surface area (Å²) in [5.74, 6) is 0. The van der Waals surface area contributed by atoms with Gasteiger partial charge in [-0.3, -0.25) is 4.90 Å². The van der Waals surface area contributed by atoms with E-state index in [2.05, 4.69) is 14.3 Å². The molecule has 0 fully saturated rings. The normalized spacial score (nSPS) is 17.1. The Morgan fingerprint density at radius 2 is 1.00 bits per heavy atom. The second kappa shape index (κ2) is 12.2. The number of rotatable bonds is 10. The molecule has 2 atom stereocenters. The van der Waals surface area contributed by atoms with E-state index in [4.69, 9.17) is 9.97 Å². The smallest absolute Gasteiger partial charge is 0.240 e. The van der Waals surface area contributed by atoms with Crippen LogP contribution in [0, 0.1) is 13.8 Å². The summed E-state index contributed by atoms with van der Waals surface area (Å²) in [6, 6.07) is 29.6. The number of aryl methyl sites for hydroxylation is 2. The highest BCUT2D eigenvalue weighted by Crippen LogP contribution is 2.41. The number of nitrogens with zero attached hydrogens (tertiary/aromatic N) is 3. The highest BCUT2D eigenvalue weighted by Gasteiger charge is 2.42. The van der Waals surface area contributed by atoms with Crippen molar-refractivity contribution >= 4 is 31.1 Å². The first-order chi connectivity index (χ1) is 21.1. The lowest BCUT2D eigenvalue weighted by atomic mass is 10.1. The molecule has 2 heterocycles. The number of hydrogen-bond donors (Lipinski definition) is 2. The first kappa shape index (κ1) is 30.0. The van der Waals surface area contributed by atoms with Gasteiger partial charge in [0.25, 0.3) is 0 Å². The van der Waals surface area contributed by atoms with Gasteiger partial charge in [-0.2, -0.15) is 0 Å². The second-order valence-corrected chi connectivity index (χ2v) is 14.5. The van der Waals surface area contributed by atoms with Gasteiger partial charge in [0.2, 0.25) is 20.0 Å². The minimum atomic E-state index is -3.83. The Labute approximate surface area is 258 Å². The summed E-state index contributed by atoms with van der Waals surface area (Å²) < 4.78 is 59.0. The molecule has 11 heteroatoms. The fourth-order valence-corrected chi connectivity index (χ4v) is 7.55. The molecule has 5 aromatic rings. The van der Waals surface area contributed by atoms with Crippen molar-refractivity contribution in [2.45, 2.75) is 42.3 Å². The lowest BCUT2D eigenvalue weighted by Gasteiger charge is -2.30. The van der Waals surface area contributed by atoms with Gasteiger partial charge in [0.15, 0.2) is 0 Å². The number of nitrogens with one attached hydrogen (secondary N) is 2. The lowest BCUT2D eigenvalue weighted by Crippen LogP contribution is -2.39. The standard InChI is InChI=1S/C33H33N5O4S2/c1-23-12-16-26(17-13-23)43(39,40)34-20-30-32-33(37-29-11-7-6-10-28(29)36-32)31(38(30)22-25-8-4-3-5-9-25)21-35-44(41,42)27-18-14-24(2)15-19-27/h3-19,30-31,34-35H,20-22H2,1-2H3/t30-,31-/m1/s1. The Morgan fingerprint density at radius 3 is 1.43 bits per heavy atom. The van der Waals surface area contributed by atoms with Gasteiger partial charge in [-0.15, -0.1) is 0 Å². The number of para-hydroxylation sites is 2. The highest BCUT2D eigenvalue weighted by molar-refractivity contribution is 7.89. The fraction of sp³-hybridized carbons (Fsp3) is 0.212. The largest absolute Gasteiger partial charge is 0.279 e. The molecular weight excluding hydrogens is 595 g/mol. The van der Waals surface area contributed by atoms with Crippen LogP contribution in [0.2, 0.25) is 0 Å². The van der Waals surface area contributed by atoms with E-state index in [-0.39, 0.29) is 22.9 Å². The van der Waals surface area contributed by atoms with E-state index in [1.165, 1.54) is 0 Å². The van der Waals surface area contributed by atoms with Gasteiger partial charge in [-0.05, 0) is 55.8 Å². The van der Waals surface area contributed by atoms with Crippen molar-refractivity contribution in [1.29, 1.82) is 0 Å². The van der Waals surface area contributed by atoms with Crippen molar-refractivity contribution < 1.29 is 16.8 Å². The fourth-order valence-electron chi connectivity index (χ4n) is 5.47. The first-order valence-electron chi connectivity index (χ1n) is 14.3. The number of aromatic nitrogens is 2. The molecule has 1 aliphatic heterocycles. The number of hydrogen-bond acceptors (Lipinski definition) is 7.